The molecule has 3 aromatic rings. The number of ether oxygens (including phenoxy) is 1. The third kappa shape index (κ3) is 4.24. The van der Waals surface area contributed by atoms with Crippen molar-refractivity contribution < 1.29 is 9.53 Å². The van der Waals surface area contributed by atoms with Crippen molar-refractivity contribution in [3.63, 3.8) is 0 Å². The number of para-hydroxylation sites is 1. The van der Waals surface area contributed by atoms with Crippen LogP contribution >= 0.6 is 15.9 Å². The van der Waals surface area contributed by atoms with Crippen LogP contribution in [0.2, 0.25) is 0 Å². The molecule has 2 aromatic carbocycles. The monoisotopic (exact) mass is 452 g/mol. The summed E-state index contributed by atoms with van der Waals surface area (Å²) in [5.74, 6) is 1.66. The van der Waals surface area contributed by atoms with Crippen molar-refractivity contribution in [2.24, 2.45) is 0 Å². The molecule has 29 heavy (non-hydrogen) atoms. The number of methoxy groups -OCH3 is 1. The van der Waals surface area contributed by atoms with E-state index in [-0.39, 0.29) is 5.91 Å². The summed E-state index contributed by atoms with van der Waals surface area (Å²) < 4.78 is 6.37. The lowest BCUT2D eigenvalue weighted by atomic mass is 10.1. The molecule has 0 bridgehead atoms. The van der Waals surface area contributed by atoms with Gasteiger partial charge in [0.25, 0.3) is 5.91 Å². The first-order valence-corrected chi connectivity index (χ1v) is 10.2. The van der Waals surface area contributed by atoms with Crippen LogP contribution in [0.1, 0.15) is 10.4 Å². The summed E-state index contributed by atoms with van der Waals surface area (Å²) in [6.45, 7) is 2.77. The fraction of sp³-hybridized carbons (Fsp3) is 0.227. The van der Waals surface area contributed by atoms with Crippen LogP contribution in [0.5, 0.6) is 5.75 Å². The van der Waals surface area contributed by atoms with E-state index in [9.17, 15) is 4.79 Å². The Kier molecular flexibility index (Phi) is 5.76. The molecule has 2 heterocycles. The van der Waals surface area contributed by atoms with Gasteiger partial charge in [-0.05, 0) is 48.5 Å². The lowest BCUT2D eigenvalue weighted by Crippen LogP contribution is -2.49. The molecule has 0 N–H and O–H groups in total. The van der Waals surface area contributed by atoms with E-state index in [1.54, 1.807) is 7.11 Å². The van der Waals surface area contributed by atoms with Gasteiger partial charge in [-0.15, -0.1) is 10.2 Å². The molecule has 1 fully saturated rings. The molecule has 1 aromatic heterocycles. The molecule has 1 aliphatic heterocycles. The fourth-order valence-electron chi connectivity index (χ4n) is 3.41. The molecule has 7 heteroatoms. The SMILES string of the molecule is COc1ccccc1-c1ccc(N2CCN(C(=O)c3ccc(Br)cc3)CC2)nn1. The van der Waals surface area contributed by atoms with Gasteiger partial charge in [0.2, 0.25) is 0 Å². The van der Waals surface area contributed by atoms with E-state index in [1.807, 2.05) is 65.6 Å². The van der Waals surface area contributed by atoms with Crippen LogP contribution < -0.4 is 9.64 Å². The van der Waals surface area contributed by atoms with Crippen LogP contribution in [0.3, 0.4) is 0 Å². The third-order valence-electron chi connectivity index (χ3n) is 5.02. The number of halogens is 1. The molecule has 148 valence electrons. The molecule has 0 unspecified atom stereocenters. The molecule has 0 saturated carbocycles. The standard InChI is InChI=1S/C22H21BrN4O2/c1-29-20-5-3-2-4-18(20)19-10-11-21(25-24-19)26-12-14-27(15-13-26)22(28)16-6-8-17(23)9-7-16/h2-11H,12-15H2,1H3. The average molecular weight is 453 g/mol. The van der Waals surface area contributed by atoms with Crippen molar-refractivity contribution in [3.05, 3.63) is 70.7 Å². The Morgan fingerprint density at radius 2 is 1.66 bits per heavy atom. The fourth-order valence-corrected chi connectivity index (χ4v) is 3.67. The second-order valence-corrected chi connectivity index (χ2v) is 7.68. The van der Waals surface area contributed by atoms with Gasteiger partial charge in [-0.25, -0.2) is 0 Å². The topological polar surface area (TPSA) is 58.6 Å². The molecule has 4 rings (SSSR count). The number of carbonyl (C=O) groups is 1. The summed E-state index contributed by atoms with van der Waals surface area (Å²) in [5.41, 5.74) is 2.40. The van der Waals surface area contributed by atoms with Gasteiger partial charge in [-0.2, -0.15) is 0 Å². The number of hydrogen-bond acceptors (Lipinski definition) is 5. The van der Waals surface area contributed by atoms with Crippen molar-refractivity contribution in [1.82, 2.24) is 15.1 Å². The van der Waals surface area contributed by atoms with Crippen LogP contribution in [0, 0.1) is 0 Å². The van der Waals surface area contributed by atoms with E-state index in [2.05, 4.69) is 31.0 Å². The first-order chi connectivity index (χ1) is 14.2. The summed E-state index contributed by atoms with van der Waals surface area (Å²) in [4.78, 5) is 16.7. The first-order valence-electron chi connectivity index (χ1n) is 9.42. The lowest BCUT2D eigenvalue weighted by Gasteiger charge is -2.35. The summed E-state index contributed by atoms with van der Waals surface area (Å²) in [7, 11) is 1.65. The highest BCUT2D eigenvalue weighted by atomic mass is 79.9. The molecular formula is C22H21BrN4O2. The van der Waals surface area contributed by atoms with Gasteiger partial charge in [0.1, 0.15) is 5.75 Å². The highest BCUT2D eigenvalue weighted by molar-refractivity contribution is 9.10. The molecule has 1 saturated heterocycles. The van der Waals surface area contributed by atoms with E-state index in [0.29, 0.717) is 18.7 Å². The van der Waals surface area contributed by atoms with Crippen molar-refractivity contribution in [2.45, 2.75) is 0 Å². The molecule has 1 amide bonds. The molecular weight excluding hydrogens is 432 g/mol. The molecule has 0 aliphatic carbocycles. The lowest BCUT2D eigenvalue weighted by molar-refractivity contribution is 0.0746. The Morgan fingerprint density at radius 3 is 2.31 bits per heavy atom. The van der Waals surface area contributed by atoms with E-state index < -0.39 is 0 Å². The van der Waals surface area contributed by atoms with Crippen LogP contribution in [0.4, 0.5) is 5.82 Å². The van der Waals surface area contributed by atoms with Gasteiger partial charge < -0.3 is 14.5 Å². The molecule has 0 atom stereocenters. The molecule has 1 aliphatic rings. The maximum absolute atomic E-state index is 12.7. The van der Waals surface area contributed by atoms with Crippen molar-refractivity contribution >= 4 is 27.7 Å². The normalized spacial score (nSPS) is 14.0. The third-order valence-corrected chi connectivity index (χ3v) is 5.54. The van der Waals surface area contributed by atoms with Gasteiger partial charge in [0.15, 0.2) is 5.82 Å². The van der Waals surface area contributed by atoms with Crippen molar-refractivity contribution in [1.29, 1.82) is 0 Å². The van der Waals surface area contributed by atoms with Gasteiger partial charge in [-0.1, -0.05) is 28.1 Å². The quantitative estimate of drug-likeness (QED) is 0.600. The highest BCUT2D eigenvalue weighted by Crippen LogP contribution is 2.28. The van der Waals surface area contributed by atoms with E-state index in [1.165, 1.54) is 0 Å². The minimum atomic E-state index is 0.0646. The number of benzene rings is 2. The minimum absolute atomic E-state index is 0.0646. The largest absolute Gasteiger partial charge is 0.496 e. The zero-order valence-electron chi connectivity index (χ0n) is 16.1. The number of hydrogen-bond donors (Lipinski definition) is 0. The van der Waals surface area contributed by atoms with Gasteiger partial charge >= 0.3 is 0 Å². The van der Waals surface area contributed by atoms with Gasteiger partial charge in [0.05, 0.1) is 12.8 Å². The van der Waals surface area contributed by atoms with Gasteiger partial charge in [0, 0.05) is 41.8 Å². The predicted molar refractivity (Wildman–Crippen MR) is 116 cm³/mol. The highest BCUT2D eigenvalue weighted by Gasteiger charge is 2.23. The average Bonchev–Trinajstić information content (AvgIpc) is 2.79. The Hall–Kier alpha value is -2.93. The number of anilines is 1. The van der Waals surface area contributed by atoms with Crippen LogP contribution in [0.15, 0.2) is 65.1 Å². The Morgan fingerprint density at radius 1 is 0.931 bits per heavy atom. The molecule has 0 radical (unpaired) electrons. The zero-order valence-corrected chi connectivity index (χ0v) is 17.7. The van der Waals surface area contributed by atoms with Crippen LogP contribution in [0.25, 0.3) is 11.3 Å². The second-order valence-electron chi connectivity index (χ2n) is 6.76. The van der Waals surface area contributed by atoms with Crippen LogP contribution in [-0.2, 0) is 0 Å². The summed E-state index contributed by atoms with van der Waals surface area (Å²) in [6, 6.07) is 19.2. The van der Waals surface area contributed by atoms with Gasteiger partial charge in [-0.3, -0.25) is 4.79 Å². The maximum Gasteiger partial charge on any atom is 0.253 e. The number of rotatable bonds is 4. The smallest absolute Gasteiger partial charge is 0.253 e. The molecule has 6 nitrogen and oxygen atoms in total. The number of nitrogens with zero attached hydrogens (tertiary/aromatic N) is 4. The predicted octanol–water partition coefficient (Wildman–Crippen LogP) is 3.88. The van der Waals surface area contributed by atoms with Crippen LogP contribution in [-0.4, -0.2) is 54.3 Å². The zero-order chi connectivity index (χ0) is 20.2. The number of carbonyl (C=O) groups excluding carboxylic acids is 1. The van der Waals surface area contributed by atoms with E-state index in [4.69, 9.17) is 4.74 Å². The summed E-state index contributed by atoms with van der Waals surface area (Å²) in [5, 5.41) is 8.79. The summed E-state index contributed by atoms with van der Waals surface area (Å²) >= 11 is 3.40. The Balaban J connectivity index is 1.41. The minimum Gasteiger partial charge on any atom is -0.496 e. The Bertz CT molecular complexity index is 984. The summed E-state index contributed by atoms with van der Waals surface area (Å²) in [6.07, 6.45) is 0. The first kappa shape index (κ1) is 19.4. The second kappa shape index (κ2) is 8.61. The number of aromatic nitrogens is 2. The Labute approximate surface area is 178 Å². The van der Waals surface area contributed by atoms with Crippen molar-refractivity contribution in [2.75, 3.05) is 38.2 Å². The maximum atomic E-state index is 12.7. The van der Waals surface area contributed by atoms with Crippen molar-refractivity contribution in [3.8, 4) is 17.0 Å². The van der Waals surface area contributed by atoms with E-state index in [0.717, 1.165) is 40.4 Å². The number of amides is 1. The molecule has 0 spiro atoms. The number of piperazine rings is 1. The van der Waals surface area contributed by atoms with E-state index >= 15 is 0 Å².